The van der Waals surface area contributed by atoms with E-state index in [0.29, 0.717) is 38.5 Å². The van der Waals surface area contributed by atoms with Crippen LogP contribution in [0.15, 0.2) is 53.7 Å². The Balaban J connectivity index is 1.82. The molecular weight excluding hydrogens is 399 g/mol. The number of carbonyl (C=O) groups excluding carboxylic acids is 1. The normalized spacial score (nSPS) is 15.8. The molecule has 2 heterocycles. The number of amides is 1. The number of anilines is 2. The number of halogens is 2. The summed E-state index contributed by atoms with van der Waals surface area (Å²) in [6, 6.07) is 12.1. The van der Waals surface area contributed by atoms with Crippen LogP contribution in [0.5, 0.6) is 0 Å². The van der Waals surface area contributed by atoms with Gasteiger partial charge < -0.3 is 10.6 Å². The monoisotopic (exact) mass is 414 g/mol. The Labute approximate surface area is 171 Å². The van der Waals surface area contributed by atoms with E-state index in [1.807, 2.05) is 31.2 Å². The second-order valence-electron chi connectivity index (χ2n) is 6.47. The molecule has 7 nitrogen and oxygen atoms in total. The molecule has 3 aromatic rings. The van der Waals surface area contributed by atoms with Crippen molar-refractivity contribution >= 4 is 40.7 Å². The van der Waals surface area contributed by atoms with E-state index in [9.17, 15) is 4.79 Å². The maximum absolute atomic E-state index is 13.3. The SMILES string of the molecule is CC1=C(C(=O)Nc2cccc(C)c2)C(c2c(Cl)cccc2Cl)n2nnnc2N1. The smallest absolute Gasteiger partial charge is 0.255 e. The molecule has 1 amide bonds. The van der Waals surface area contributed by atoms with E-state index in [1.165, 1.54) is 4.68 Å². The lowest BCUT2D eigenvalue weighted by molar-refractivity contribution is -0.113. The highest BCUT2D eigenvalue weighted by molar-refractivity contribution is 6.36. The van der Waals surface area contributed by atoms with Crippen molar-refractivity contribution in [3.8, 4) is 0 Å². The minimum atomic E-state index is -0.669. The molecule has 4 rings (SSSR count). The molecule has 28 heavy (non-hydrogen) atoms. The average molecular weight is 415 g/mol. The van der Waals surface area contributed by atoms with Crippen molar-refractivity contribution in [2.45, 2.75) is 19.9 Å². The number of hydrogen-bond acceptors (Lipinski definition) is 5. The highest BCUT2D eigenvalue weighted by Gasteiger charge is 2.36. The maximum Gasteiger partial charge on any atom is 0.255 e. The summed E-state index contributed by atoms with van der Waals surface area (Å²) in [5.41, 5.74) is 3.34. The first-order chi connectivity index (χ1) is 13.5. The van der Waals surface area contributed by atoms with Gasteiger partial charge in [0.05, 0.1) is 5.57 Å². The Hall–Kier alpha value is -2.90. The highest BCUT2D eigenvalue weighted by atomic mass is 35.5. The minimum Gasteiger partial charge on any atom is -0.326 e. The Kier molecular flexibility index (Phi) is 4.78. The van der Waals surface area contributed by atoms with Crippen LogP contribution in [-0.2, 0) is 4.79 Å². The lowest BCUT2D eigenvalue weighted by Crippen LogP contribution is -2.32. The lowest BCUT2D eigenvalue weighted by atomic mass is 9.94. The van der Waals surface area contributed by atoms with Gasteiger partial charge in [-0.2, -0.15) is 4.68 Å². The Bertz CT molecular complexity index is 1090. The molecule has 0 aliphatic carbocycles. The van der Waals surface area contributed by atoms with Crippen LogP contribution in [0.25, 0.3) is 0 Å². The van der Waals surface area contributed by atoms with E-state index >= 15 is 0 Å². The summed E-state index contributed by atoms with van der Waals surface area (Å²) in [5.74, 6) is 0.114. The van der Waals surface area contributed by atoms with Crippen LogP contribution in [-0.4, -0.2) is 26.1 Å². The van der Waals surface area contributed by atoms with Crippen LogP contribution in [0.3, 0.4) is 0 Å². The number of hydrogen-bond donors (Lipinski definition) is 2. The summed E-state index contributed by atoms with van der Waals surface area (Å²) in [6.45, 7) is 3.75. The topological polar surface area (TPSA) is 84.7 Å². The molecule has 0 radical (unpaired) electrons. The van der Waals surface area contributed by atoms with Crippen molar-refractivity contribution in [1.82, 2.24) is 20.2 Å². The Morgan fingerprint density at radius 2 is 1.86 bits per heavy atom. The second kappa shape index (κ2) is 7.26. The van der Waals surface area contributed by atoms with Crippen molar-refractivity contribution in [1.29, 1.82) is 0 Å². The number of carbonyl (C=O) groups is 1. The second-order valence-corrected chi connectivity index (χ2v) is 7.29. The number of aryl methyl sites for hydroxylation is 1. The van der Waals surface area contributed by atoms with E-state index in [-0.39, 0.29) is 5.91 Å². The van der Waals surface area contributed by atoms with Crippen LogP contribution in [0.4, 0.5) is 11.6 Å². The van der Waals surface area contributed by atoms with E-state index in [0.717, 1.165) is 5.56 Å². The number of tetrazole rings is 1. The number of nitrogens with zero attached hydrogens (tertiary/aromatic N) is 4. The molecule has 2 N–H and O–H groups in total. The third-order valence-corrected chi connectivity index (χ3v) is 5.17. The zero-order valence-corrected chi connectivity index (χ0v) is 16.6. The highest BCUT2D eigenvalue weighted by Crippen LogP contribution is 2.41. The molecule has 0 fully saturated rings. The Morgan fingerprint density at radius 3 is 2.57 bits per heavy atom. The summed E-state index contributed by atoms with van der Waals surface area (Å²) in [5, 5.41) is 18.6. The van der Waals surface area contributed by atoms with Gasteiger partial charge in [-0.1, -0.05) is 46.5 Å². The van der Waals surface area contributed by atoms with Crippen LogP contribution < -0.4 is 10.6 Å². The summed E-state index contributed by atoms with van der Waals surface area (Å²) in [4.78, 5) is 13.3. The maximum atomic E-state index is 13.3. The van der Waals surface area contributed by atoms with Gasteiger partial charge in [-0.05, 0) is 54.1 Å². The first-order valence-electron chi connectivity index (χ1n) is 8.53. The van der Waals surface area contributed by atoms with Crippen LogP contribution >= 0.6 is 23.2 Å². The van der Waals surface area contributed by atoms with E-state index in [4.69, 9.17) is 23.2 Å². The summed E-state index contributed by atoms with van der Waals surface area (Å²) in [7, 11) is 0. The van der Waals surface area contributed by atoms with E-state index < -0.39 is 6.04 Å². The molecule has 0 saturated heterocycles. The van der Waals surface area contributed by atoms with Gasteiger partial charge in [0, 0.05) is 27.0 Å². The molecule has 1 atom stereocenters. The minimum absolute atomic E-state index is 0.294. The number of fused-ring (bicyclic) bond motifs is 1. The van der Waals surface area contributed by atoms with Gasteiger partial charge in [0.15, 0.2) is 0 Å². The van der Waals surface area contributed by atoms with Gasteiger partial charge in [-0.25, -0.2) is 0 Å². The molecule has 0 bridgehead atoms. The first kappa shape index (κ1) is 18.5. The quantitative estimate of drug-likeness (QED) is 0.669. The largest absolute Gasteiger partial charge is 0.326 e. The third-order valence-electron chi connectivity index (χ3n) is 4.51. The number of allylic oxidation sites excluding steroid dienone is 1. The van der Waals surface area contributed by atoms with E-state index in [2.05, 4.69) is 26.2 Å². The van der Waals surface area contributed by atoms with Crippen LogP contribution in [0.1, 0.15) is 24.1 Å². The molecule has 1 aromatic heterocycles. The fourth-order valence-electron chi connectivity index (χ4n) is 3.27. The van der Waals surface area contributed by atoms with Crippen LogP contribution in [0, 0.1) is 6.92 Å². The molecule has 1 aliphatic heterocycles. The number of rotatable bonds is 3. The van der Waals surface area contributed by atoms with Crippen molar-refractivity contribution in [2.75, 3.05) is 10.6 Å². The molecule has 1 aliphatic rings. The predicted molar refractivity (Wildman–Crippen MR) is 109 cm³/mol. The summed E-state index contributed by atoms with van der Waals surface area (Å²) >= 11 is 12.9. The molecule has 0 saturated carbocycles. The van der Waals surface area contributed by atoms with Gasteiger partial charge in [-0.3, -0.25) is 4.79 Å². The molecule has 9 heteroatoms. The van der Waals surface area contributed by atoms with Crippen molar-refractivity contribution in [2.24, 2.45) is 0 Å². The molecule has 2 aromatic carbocycles. The summed E-state index contributed by atoms with van der Waals surface area (Å²) < 4.78 is 1.51. The fourth-order valence-corrected chi connectivity index (χ4v) is 3.87. The van der Waals surface area contributed by atoms with Gasteiger partial charge in [-0.15, -0.1) is 0 Å². The molecule has 142 valence electrons. The van der Waals surface area contributed by atoms with Crippen molar-refractivity contribution in [3.05, 3.63) is 74.9 Å². The predicted octanol–water partition coefficient (Wildman–Crippen LogP) is 4.22. The molecule has 1 unspecified atom stereocenters. The zero-order valence-electron chi connectivity index (χ0n) is 15.1. The molecule has 0 spiro atoms. The van der Waals surface area contributed by atoms with Gasteiger partial charge in [0.1, 0.15) is 6.04 Å². The summed E-state index contributed by atoms with van der Waals surface area (Å²) in [6.07, 6.45) is 0. The van der Waals surface area contributed by atoms with Gasteiger partial charge in [0.2, 0.25) is 5.95 Å². The number of nitrogens with one attached hydrogen (secondary N) is 2. The van der Waals surface area contributed by atoms with Crippen molar-refractivity contribution < 1.29 is 4.79 Å². The lowest BCUT2D eigenvalue weighted by Gasteiger charge is -2.29. The van der Waals surface area contributed by atoms with Gasteiger partial charge in [0.25, 0.3) is 5.91 Å². The molecular formula is C19H16Cl2N6O. The van der Waals surface area contributed by atoms with E-state index in [1.54, 1.807) is 25.1 Å². The zero-order chi connectivity index (χ0) is 19.8. The average Bonchev–Trinajstić information content (AvgIpc) is 3.09. The standard InChI is InChI=1S/C19H16Cl2N6O/c1-10-5-3-6-12(9-10)23-18(28)15-11(2)22-19-24-25-26-27(19)17(15)16-13(20)7-4-8-14(16)21/h3-9,17H,1-2H3,(H,23,28)(H,22,24,26). The number of benzene rings is 2. The van der Waals surface area contributed by atoms with Gasteiger partial charge >= 0.3 is 0 Å². The number of aromatic nitrogens is 4. The fraction of sp³-hybridized carbons (Fsp3) is 0.158. The van der Waals surface area contributed by atoms with Crippen LogP contribution in [0.2, 0.25) is 10.0 Å². The third kappa shape index (κ3) is 3.23. The van der Waals surface area contributed by atoms with Crippen molar-refractivity contribution in [3.63, 3.8) is 0 Å². The Morgan fingerprint density at radius 1 is 1.14 bits per heavy atom. The first-order valence-corrected chi connectivity index (χ1v) is 9.29.